The van der Waals surface area contributed by atoms with Crippen molar-refractivity contribution in [1.29, 1.82) is 0 Å². The topological polar surface area (TPSA) is 54.7 Å². The summed E-state index contributed by atoms with van der Waals surface area (Å²) in [4.78, 5) is 5.89. The van der Waals surface area contributed by atoms with Gasteiger partial charge in [-0.25, -0.2) is 4.98 Å². The molecule has 11 heavy (non-hydrogen) atoms. The van der Waals surface area contributed by atoms with Crippen molar-refractivity contribution in [2.45, 2.75) is 19.4 Å². The number of imidazole rings is 1. The van der Waals surface area contributed by atoms with Crippen molar-refractivity contribution in [1.82, 2.24) is 9.97 Å². The quantitative estimate of drug-likeness (QED) is 0.679. The maximum Gasteiger partial charge on any atom is 0.301 e. The van der Waals surface area contributed by atoms with Gasteiger partial charge in [-0.05, 0) is 0 Å². The molecule has 0 aliphatic heterocycles. The Morgan fingerprint density at radius 2 is 2.36 bits per heavy atom. The summed E-state index contributed by atoms with van der Waals surface area (Å²) in [5, 5.41) is 0. The molecule has 3 nitrogen and oxygen atoms in total. The summed E-state index contributed by atoms with van der Waals surface area (Å²) in [6.45, 7) is 0.981. The van der Waals surface area contributed by atoms with Gasteiger partial charge in [-0.3, -0.25) is 0 Å². The summed E-state index contributed by atoms with van der Waals surface area (Å²) in [5.74, 6) is -3.24. The van der Waals surface area contributed by atoms with Gasteiger partial charge >= 0.3 is 5.92 Å². The molecule has 0 bridgehead atoms. The standard InChI is InChI=1S/C6H9F2N3/c1-6(7,8)5-10-3-4(2-9)11-5/h3H,2,9H2,1H3,(H,10,11). The highest BCUT2D eigenvalue weighted by atomic mass is 19.3. The monoisotopic (exact) mass is 161 g/mol. The molecule has 0 atom stereocenters. The Morgan fingerprint density at radius 1 is 1.73 bits per heavy atom. The van der Waals surface area contributed by atoms with Crippen molar-refractivity contribution in [3.05, 3.63) is 17.7 Å². The second-order valence-electron chi connectivity index (χ2n) is 2.35. The van der Waals surface area contributed by atoms with Gasteiger partial charge in [-0.2, -0.15) is 8.78 Å². The van der Waals surface area contributed by atoms with E-state index in [2.05, 4.69) is 9.97 Å². The average Bonchev–Trinajstić information content (AvgIpc) is 2.32. The molecule has 0 aliphatic carbocycles. The van der Waals surface area contributed by atoms with Crippen LogP contribution in [-0.4, -0.2) is 9.97 Å². The molecule has 0 saturated carbocycles. The van der Waals surface area contributed by atoms with Crippen molar-refractivity contribution in [2.24, 2.45) is 5.73 Å². The highest BCUT2D eigenvalue weighted by molar-refractivity contribution is 5.04. The van der Waals surface area contributed by atoms with Crippen molar-refractivity contribution in [3.63, 3.8) is 0 Å². The minimum Gasteiger partial charge on any atom is -0.340 e. The number of hydrogen-bond donors (Lipinski definition) is 2. The fourth-order valence-electron chi connectivity index (χ4n) is 0.686. The second-order valence-corrected chi connectivity index (χ2v) is 2.35. The van der Waals surface area contributed by atoms with Crippen LogP contribution in [0, 0.1) is 0 Å². The number of H-pyrrole nitrogens is 1. The lowest BCUT2D eigenvalue weighted by Crippen LogP contribution is -2.09. The number of aromatic amines is 1. The van der Waals surface area contributed by atoms with Crippen molar-refractivity contribution >= 4 is 0 Å². The number of halogens is 2. The first-order chi connectivity index (χ1) is 5.04. The lowest BCUT2D eigenvalue weighted by atomic mass is 10.4. The third-order valence-electron chi connectivity index (χ3n) is 1.26. The van der Waals surface area contributed by atoms with E-state index in [0.717, 1.165) is 6.92 Å². The minimum atomic E-state index is -2.91. The molecule has 1 heterocycles. The van der Waals surface area contributed by atoms with Gasteiger partial charge < -0.3 is 10.7 Å². The van der Waals surface area contributed by atoms with Gasteiger partial charge in [0.25, 0.3) is 0 Å². The Kier molecular flexibility index (Phi) is 1.90. The van der Waals surface area contributed by atoms with Gasteiger partial charge in [0, 0.05) is 25.4 Å². The van der Waals surface area contributed by atoms with Crippen molar-refractivity contribution < 1.29 is 8.78 Å². The molecule has 0 amide bonds. The molecule has 0 spiro atoms. The normalized spacial score (nSPS) is 12.0. The van der Waals surface area contributed by atoms with E-state index in [1.165, 1.54) is 6.20 Å². The average molecular weight is 161 g/mol. The predicted molar refractivity (Wildman–Crippen MR) is 36.0 cm³/mol. The van der Waals surface area contributed by atoms with Gasteiger partial charge in [-0.15, -0.1) is 0 Å². The number of nitrogens with zero attached hydrogens (tertiary/aromatic N) is 1. The lowest BCUT2D eigenvalue weighted by Gasteiger charge is -2.04. The zero-order valence-electron chi connectivity index (χ0n) is 6.06. The first-order valence-electron chi connectivity index (χ1n) is 3.16. The largest absolute Gasteiger partial charge is 0.340 e. The maximum atomic E-state index is 12.5. The van der Waals surface area contributed by atoms with E-state index in [-0.39, 0.29) is 12.4 Å². The van der Waals surface area contributed by atoms with Crippen LogP contribution in [0.1, 0.15) is 18.4 Å². The van der Waals surface area contributed by atoms with Crippen LogP contribution in [0.2, 0.25) is 0 Å². The maximum absolute atomic E-state index is 12.5. The molecular weight excluding hydrogens is 152 g/mol. The molecule has 0 unspecified atom stereocenters. The molecule has 0 saturated heterocycles. The number of alkyl halides is 2. The predicted octanol–water partition coefficient (Wildman–Crippen LogP) is 0.980. The number of rotatable bonds is 2. The smallest absolute Gasteiger partial charge is 0.301 e. The molecule has 3 N–H and O–H groups in total. The molecule has 0 aromatic carbocycles. The summed E-state index contributed by atoms with van der Waals surface area (Å²) in [6.07, 6.45) is 1.31. The van der Waals surface area contributed by atoms with E-state index in [0.29, 0.717) is 5.69 Å². The van der Waals surface area contributed by atoms with Gasteiger partial charge in [0.05, 0.1) is 0 Å². The van der Waals surface area contributed by atoms with Crippen LogP contribution in [0.3, 0.4) is 0 Å². The van der Waals surface area contributed by atoms with Gasteiger partial charge in [0.15, 0.2) is 5.82 Å². The van der Waals surface area contributed by atoms with Crippen molar-refractivity contribution in [3.8, 4) is 0 Å². The fourth-order valence-corrected chi connectivity index (χ4v) is 0.686. The molecule has 1 aromatic heterocycles. The SMILES string of the molecule is CC(F)(F)c1ncc(CN)[nH]1. The Labute approximate surface area is 62.6 Å². The van der Waals surface area contributed by atoms with E-state index in [9.17, 15) is 8.78 Å². The third kappa shape index (κ3) is 1.74. The van der Waals surface area contributed by atoms with Crippen LogP contribution < -0.4 is 5.73 Å². The Balaban J connectivity index is 2.89. The first kappa shape index (κ1) is 8.13. The van der Waals surface area contributed by atoms with Crippen LogP contribution in [0.5, 0.6) is 0 Å². The third-order valence-corrected chi connectivity index (χ3v) is 1.26. The summed E-state index contributed by atoms with van der Waals surface area (Å²) in [5.41, 5.74) is 5.71. The molecule has 0 radical (unpaired) electrons. The van der Waals surface area contributed by atoms with Crippen LogP contribution in [0.4, 0.5) is 8.78 Å². The summed E-state index contributed by atoms with van der Waals surface area (Å²) in [7, 11) is 0. The molecular formula is C6H9F2N3. The number of hydrogen-bond acceptors (Lipinski definition) is 2. The molecule has 5 heteroatoms. The van der Waals surface area contributed by atoms with Gasteiger partial charge in [-0.1, -0.05) is 0 Å². The van der Waals surface area contributed by atoms with E-state index in [1.807, 2.05) is 0 Å². The van der Waals surface area contributed by atoms with E-state index >= 15 is 0 Å². The summed E-state index contributed by atoms with van der Waals surface area (Å²) < 4.78 is 24.9. The first-order valence-corrected chi connectivity index (χ1v) is 3.16. The Morgan fingerprint density at radius 3 is 2.64 bits per heavy atom. The zero-order chi connectivity index (χ0) is 8.48. The Hall–Kier alpha value is -0.970. The Bertz CT molecular complexity index is 238. The second kappa shape index (κ2) is 2.58. The molecule has 1 rings (SSSR count). The zero-order valence-corrected chi connectivity index (χ0v) is 6.06. The summed E-state index contributed by atoms with van der Waals surface area (Å²) >= 11 is 0. The minimum absolute atomic E-state index is 0.198. The van der Waals surface area contributed by atoms with E-state index in [4.69, 9.17) is 5.73 Å². The highest BCUT2D eigenvalue weighted by Gasteiger charge is 2.27. The van der Waals surface area contributed by atoms with E-state index in [1.54, 1.807) is 0 Å². The molecule has 0 fully saturated rings. The van der Waals surface area contributed by atoms with Crippen molar-refractivity contribution in [2.75, 3.05) is 0 Å². The lowest BCUT2D eigenvalue weighted by molar-refractivity contribution is 0.00848. The molecule has 62 valence electrons. The van der Waals surface area contributed by atoms with Crippen LogP contribution in [0.15, 0.2) is 6.20 Å². The van der Waals surface area contributed by atoms with Crippen LogP contribution in [0.25, 0.3) is 0 Å². The van der Waals surface area contributed by atoms with Crippen LogP contribution >= 0.6 is 0 Å². The van der Waals surface area contributed by atoms with Gasteiger partial charge in [0.2, 0.25) is 0 Å². The highest BCUT2D eigenvalue weighted by Crippen LogP contribution is 2.23. The summed E-state index contributed by atoms with van der Waals surface area (Å²) in [6, 6.07) is 0. The molecule has 1 aromatic rings. The molecule has 0 aliphatic rings. The van der Waals surface area contributed by atoms with E-state index < -0.39 is 5.92 Å². The fraction of sp³-hybridized carbons (Fsp3) is 0.500. The number of aromatic nitrogens is 2. The number of nitrogens with two attached hydrogens (primary N) is 1. The van der Waals surface area contributed by atoms with Crippen LogP contribution in [-0.2, 0) is 12.5 Å². The number of nitrogens with one attached hydrogen (secondary N) is 1. The van der Waals surface area contributed by atoms with Gasteiger partial charge in [0.1, 0.15) is 0 Å².